The van der Waals surface area contributed by atoms with E-state index in [0.717, 1.165) is 51.4 Å². The molecule has 6 aliphatic rings. The molecular formula is C24H36N4O3. The molecule has 4 N–H and O–H groups in total. The highest BCUT2D eigenvalue weighted by Crippen LogP contribution is 2.64. The highest BCUT2D eigenvalue weighted by molar-refractivity contribution is 5.84. The van der Waals surface area contributed by atoms with Crippen molar-refractivity contribution in [2.24, 2.45) is 40.6 Å². The number of nitrogens with zero attached hydrogens (tertiary/aromatic N) is 2. The Morgan fingerprint density at radius 3 is 2.45 bits per heavy atom. The third-order valence-electron chi connectivity index (χ3n) is 9.33. The second-order valence-electron chi connectivity index (χ2n) is 11.5. The number of nitrogens with two attached hydrogens (primary N) is 2. The minimum Gasteiger partial charge on any atom is -0.458 e. The maximum atomic E-state index is 13.6. The van der Waals surface area contributed by atoms with Crippen LogP contribution in [-0.4, -0.2) is 46.5 Å². The fourth-order valence-corrected chi connectivity index (χ4v) is 7.81. The van der Waals surface area contributed by atoms with E-state index in [1.807, 2.05) is 13.8 Å². The van der Waals surface area contributed by atoms with Gasteiger partial charge in [0.05, 0.1) is 12.1 Å². The number of esters is 1. The van der Waals surface area contributed by atoms with Gasteiger partial charge in [-0.25, -0.2) is 0 Å². The van der Waals surface area contributed by atoms with Crippen molar-refractivity contribution in [1.82, 2.24) is 4.90 Å². The molecule has 5 aliphatic carbocycles. The summed E-state index contributed by atoms with van der Waals surface area (Å²) in [6, 6.07) is 0.939. The van der Waals surface area contributed by atoms with Crippen molar-refractivity contribution in [2.75, 3.05) is 0 Å². The molecule has 7 heteroatoms. The zero-order chi connectivity index (χ0) is 22.1. The van der Waals surface area contributed by atoms with Crippen LogP contribution in [0.3, 0.4) is 0 Å². The van der Waals surface area contributed by atoms with Gasteiger partial charge in [0.2, 0.25) is 5.91 Å². The average molecular weight is 429 g/mol. The summed E-state index contributed by atoms with van der Waals surface area (Å²) in [7, 11) is 0. The first-order chi connectivity index (χ1) is 14.7. The number of carbonyl (C=O) groups excluding carboxylic acids is 2. The van der Waals surface area contributed by atoms with Crippen LogP contribution in [0.1, 0.15) is 71.6 Å². The van der Waals surface area contributed by atoms with Crippen LogP contribution in [0.2, 0.25) is 0 Å². The normalized spacial score (nSPS) is 44.9. The van der Waals surface area contributed by atoms with Gasteiger partial charge in [-0.15, -0.1) is 0 Å². The first-order valence-corrected chi connectivity index (χ1v) is 12.2. The molecule has 7 nitrogen and oxygen atoms in total. The van der Waals surface area contributed by atoms with Gasteiger partial charge in [0.1, 0.15) is 17.7 Å². The zero-order valence-electron chi connectivity index (χ0n) is 18.8. The van der Waals surface area contributed by atoms with Crippen LogP contribution in [0.25, 0.3) is 0 Å². The molecule has 0 aromatic rings. The van der Waals surface area contributed by atoms with Crippen molar-refractivity contribution in [3.8, 4) is 6.07 Å². The number of rotatable bonds is 6. The van der Waals surface area contributed by atoms with Crippen LogP contribution in [0.4, 0.5) is 0 Å². The average Bonchev–Trinajstić information content (AvgIpc) is 3.39. The molecule has 0 aromatic heterocycles. The zero-order valence-corrected chi connectivity index (χ0v) is 18.8. The van der Waals surface area contributed by atoms with E-state index in [0.29, 0.717) is 24.2 Å². The minimum absolute atomic E-state index is 0.0590. The molecule has 8 atom stereocenters. The number of hydrogen-bond donors (Lipinski definition) is 2. The summed E-state index contributed by atoms with van der Waals surface area (Å²) < 4.78 is 6.19. The third kappa shape index (κ3) is 3.29. The summed E-state index contributed by atoms with van der Waals surface area (Å²) in [4.78, 5) is 28.2. The monoisotopic (exact) mass is 428 g/mol. The second kappa shape index (κ2) is 7.18. The maximum Gasteiger partial charge on any atom is 0.323 e. The summed E-state index contributed by atoms with van der Waals surface area (Å²) in [6.07, 6.45) is 7.97. The Morgan fingerprint density at radius 2 is 1.84 bits per heavy atom. The van der Waals surface area contributed by atoms with Gasteiger partial charge < -0.3 is 21.1 Å². The van der Waals surface area contributed by atoms with Crippen LogP contribution >= 0.6 is 0 Å². The number of fused-ring (bicyclic) bond motifs is 1. The number of hydrogen-bond acceptors (Lipinski definition) is 6. The maximum absolute atomic E-state index is 13.6. The lowest BCUT2D eigenvalue weighted by molar-refractivity contribution is -0.207. The summed E-state index contributed by atoms with van der Waals surface area (Å²) in [6.45, 7) is 4.01. The molecule has 170 valence electrons. The van der Waals surface area contributed by atoms with Crippen molar-refractivity contribution in [2.45, 2.75) is 101 Å². The largest absolute Gasteiger partial charge is 0.458 e. The van der Waals surface area contributed by atoms with Gasteiger partial charge in [0, 0.05) is 6.04 Å². The van der Waals surface area contributed by atoms with Crippen LogP contribution in [0.5, 0.6) is 0 Å². The molecule has 5 saturated carbocycles. The molecule has 0 radical (unpaired) electrons. The number of likely N-dealkylation sites (tertiary alicyclic amines) is 1. The van der Waals surface area contributed by atoms with E-state index in [-0.39, 0.29) is 35.3 Å². The van der Waals surface area contributed by atoms with Gasteiger partial charge >= 0.3 is 5.97 Å². The molecule has 1 saturated heterocycles. The molecule has 1 aliphatic heterocycles. The van der Waals surface area contributed by atoms with Crippen molar-refractivity contribution in [3.05, 3.63) is 0 Å². The Labute approximate surface area is 184 Å². The summed E-state index contributed by atoms with van der Waals surface area (Å²) in [5.41, 5.74) is 12.1. The second-order valence-corrected chi connectivity index (χ2v) is 11.5. The molecule has 0 aromatic carbocycles. The molecule has 0 spiro atoms. The summed E-state index contributed by atoms with van der Waals surface area (Å²) >= 11 is 0. The van der Waals surface area contributed by atoms with Crippen LogP contribution in [-0.2, 0) is 14.3 Å². The van der Waals surface area contributed by atoms with E-state index in [9.17, 15) is 14.9 Å². The standard InChI is InChI=1S/C24H36N4O3/c1-3-13(2)19(26)22(30)31-24-9-14-4-15(10-24)8-23(7-14,12-24)20(27)21(29)28-17(11-25)5-16-6-18(16)28/h13-20H,3-10,12,26-27H2,1-2H3/t13?,14?,15?,16-,17+,18+,19-,20-,23?,24?/m1/s1. The van der Waals surface area contributed by atoms with Crippen LogP contribution < -0.4 is 11.5 Å². The van der Waals surface area contributed by atoms with Gasteiger partial charge in [0.15, 0.2) is 0 Å². The summed E-state index contributed by atoms with van der Waals surface area (Å²) in [5.74, 6) is 1.06. The predicted octanol–water partition coefficient (Wildman–Crippen LogP) is 2.08. The van der Waals surface area contributed by atoms with Gasteiger partial charge in [-0.05, 0) is 80.5 Å². The molecule has 3 unspecified atom stereocenters. The number of nitriles is 1. The third-order valence-corrected chi connectivity index (χ3v) is 9.33. The van der Waals surface area contributed by atoms with Gasteiger partial charge in [0.25, 0.3) is 0 Å². The minimum atomic E-state index is -0.630. The number of carbonyl (C=O) groups is 2. The van der Waals surface area contributed by atoms with E-state index in [4.69, 9.17) is 16.2 Å². The first-order valence-electron chi connectivity index (χ1n) is 12.2. The van der Waals surface area contributed by atoms with E-state index in [1.54, 1.807) is 4.90 Å². The topological polar surface area (TPSA) is 122 Å². The van der Waals surface area contributed by atoms with Crippen molar-refractivity contribution >= 4 is 11.9 Å². The quantitative estimate of drug-likeness (QED) is 0.625. The lowest BCUT2D eigenvalue weighted by Crippen LogP contribution is -2.66. The molecule has 31 heavy (non-hydrogen) atoms. The number of piperidine rings is 1. The molecular weight excluding hydrogens is 392 g/mol. The Bertz CT molecular complexity index is 808. The van der Waals surface area contributed by atoms with Gasteiger partial charge in [-0.2, -0.15) is 5.26 Å². The van der Waals surface area contributed by atoms with E-state index in [1.165, 1.54) is 0 Å². The van der Waals surface area contributed by atoms with Crippen LogP contribution in [0.15, 0.2) is 0 Å². The Hall–Kier alpha value is -1.65. The van der Waals surface area contributed by atoms with Gasteiger partial charge in [-0.1, -0.05) is 20.3 Å². The van der Waals surface area contributed by atoms with Crippen molar-refractivity contribution < 1.29 is 14.3 Å². The smallest absolute Gasteiger partial charge is 0.323 e. The number of amides is 1. The van der Waals surface area contributed by atoms with Gasteiger partial charge in [-0.3, -0.25) is 9.59 Å². The highest BCUT2D eigenvalue weighted by atomic mass is 16.6. The molecule has 4 bridgehead atoms. The molecule has 1 heterocycles. The van der Waals surface area contributed by atoms with E-state index >= 15 is 0 Å². The van der Waals surface area contributed by atoms with Crippen LogP contribution in [0, 0.1) is 40.4 Å². The first kappa shape index (κ1) is 21.2. The van der Waals surface area contributed by atoms with Crippen molar-refractivity contribution in [1.29, 1.82) is 5.26 Å². The molecule has 6 rings (SSSR count). The SMILES string of the molecule is CCC(C)[C@@H](N)C(=O)OC12CC3CC(C1)CC([C@H](N)C(=O)N1[C@H](C#N)C[C@@H]4C[C@@H]41)(C3)C2. The highest BCUT2D eigenvalue weighted by Gasteiger charge is 2.64. The molecule has 1 amide bonds. The Morgan fingerprint density at radius 1 is 1.16 bits per heavy atom. The van der Waals surface area contributed by atoms with E-state index in [2.05, 4.69) is 6.07 Å². The predicted molar refractivity (Wildman–Crippen MR) is 114 cm³/mol. The van der Waals surface area contributed by atoms with E-state index < -0.39 is 17.7 Å². The van der Waals surface area contributed by atoms with Crippen molar-refractivity contribution in [3.63, 3.8) is 0 Å². The Balaban J connectivity index is 1.37. The lowest BCUT2D eigenvalue weighted by Gasteiger charge is -2.62. The Kier molecular flexibility index (Phi) is 4.91. The fourth-order valence-electron chi connectivity index (χ4n) is 7.81. The number of ether oxygens (including phenoxy) is 1. The fraction of sp³-hybridized carbons (Fsp3) is 0.875. The summed E-state index contributed by atoms with van der Waals surface area (Å²) in [5, 5.41) is 9.54. The molecule has 6 fully saturated rings. The lowest BCUT2D eigenvalue weighted by atomic mass is 9.46.